The van der Waals surface area contributed by atoms with Gasteiger partial charge in [-0.1, -0.05) is 61.0 Å². The molecule has 0 bridgehead atoms. The van der Waals surface area contributed by atoms with Crippen molar-refractivity contribution in [2.45, 2.75) is 32.8 Å². The van der Waals surface area contributed by atoms with Crippen molar-refractivity contribution >= 4 is 17.6 Å². The number of hydrogen-bond donors (Lipinski definition) is 1. The first-order valence-electron chi connectivity index (χ1n) is 14.2. The van der Waals surface area contributed by atoms with E-state index in [2.05, 4.69) is 6.07 Å². The number of nitrogens with two attached hydrogens (primary N) is 1. The number of ether oxygens (including phenoxy) is 5. The Bertz CT molecular complexity index is 1750. The zero-order valence-corrected chi connectivity index (χ0v) is 25.1. The molecule has 8 nitrogen and oxygen atoms in total. The molecule has 5 rings (SSSR count). The van der Waals surface area contributed by atoms with Gasteiger partial charge in [0.1, 0.15) is 41.1 Å². The quantitative estimate of drug-likeness (QED) is 0.137. The summed E-state index contributed by atoms with van der Waals surface area (Å²) in [6.45, 7) is 5.00. The largest absolute Gasteiger partial charge is 0.493 e. The summed E-state index contributed by atoms with van der Waals surface area (Å²) in [5.74, 6) is 0.938. The van der Waals surface area contributed by atoms with E-state index in [1.54, 1.807) is 48.5 Å². The zero-order valence-electron chi connectivity index (χ0n) is 24.3. The number of nitrogens with zero attached hydrogens (tertiary/aromatic N) is 1. The van der Waals surface area contributed by atoms with E-state index < -0.39 is 11.9 Å². The maximum absolute atomic E-state index is 13.1. The molecule has 2 N–H and O–H groups in total. The second kappa shape index (κ2) is 13.9. The third-order valence-corrected chi connectivity index (χ3v) is 7.28. The lowest BCUT2D eigenvalue weighted by molar-refractivity contribution is 0.0730. The van der Waals surface area contributed by atoms with Gasteiger partial charge in [0.2, 0.25) is 5.88 Å². The highest BCUT2D eigenvalue weighted by Crippen LogP contribution is 2.45. The molecule has 0 saturated carbocycles. The highest BCUT2D eigenvalue weighted by molar-refractivity contribution is 6.31. The van der Waals surface area contributed by atoms with E-state index in [1.807, 2.05) is 50.2 Å². The lowest BCUT2D eigenvalue weighted by Gasteiger charge is -2.27. The summed E-state index contributed by atoms with van der Waals surface area (Å²) < 4.78 is 29.2. The maximum atomic E-state index is 13.1. The lowest BCUT2D eigenvalue weighted by Crippen LogP contribution is -2.21. The fraction of sp³-hybridized carbons (Fsp3) is 0.200. The predicted molar refractivity (Wildman–Crippen MR) is 166 cm³/mol. The molecule has 0 spiro atoms. The fourth-order valence-corrected chi connectivity index (χ4v) is 5.03. The average molecular weight is 611 g/mol. The van der Waals surface area contributed by atoms with E-state index in [0.29, 0.717) is 52.4 Å². The van der Waals surface area contributed by atoms with Gasteiger partial charge >= 0.3 is 5.97 Å². The smallest absolute Gasteiger partial charge is 0.347 e. The summed E-state index contributed by atoms with van der Waals surface area (Å²) in [6, 6.07) is 27.1. The van der Waals surface area contributed by atoms with Crippen molar-refractivity contribution in [3.8, 4) is 34.8 Å². The van der Waals surface area contributed by atoms with Crippen molar-refractivity contribution in [2.75, 3.05) is 13.2 Å². The monoisotopic (exact) mass is 610 g/mol. The van der Waals surface area contributed by atoms with Crippen LogP contribution in [0.1, 0.15) is 53.2 Å². The van der Waals surface area contributed by atoms with E-state index in [-0.39, 0.29) is 23.8 Å². The number of benzene rings is 4. The molecule has 9 heteroatoms. The minimum absolute atomic E-state index is 0.0382. The first kappa shape index (κ1) is 30.3. The lowest BCUT2D eigenvalue weighted by atomic mass is 9.83. The van der Waals surface area contributed by atoms with Gasteiger partial charge in [0.15, 0.2) is 11.5 Å². The van der Waals surface area contributed by atoms with Crippen LogP contribution in [0.15, 0.2) is 96.4 Å². The van der Waals surface area contributed by atoms with E-state index in [1.165, 1.54) is 0 Å². The van der Waals surface area contributed by atoms with Crippen molar-refractivity contribution in [3.63, 3.8) is 0 Å². The molecule has 1 atom stereocenters. The molecule has 0 fully saturated rings. The molecule has 0 saturated heterocycles. The normalized spacial score (nSPS) is 13.7. The van der Waals surface area contributed by atoms with Gasteiger partial charge in [0.05, 0.1) is 19.1 Å². The molecule has 0 amide bonds. The van der Waals surface area contributed by atoms with E-state index >= 15 is 0 Å². The van der Waals surface area contributed by atoms with Crippen LogP contribution in [0.2, 0.25) is 5.02 Å². The molecule has 0 radical (unpaired) electrons. The van der Waals surface area contributed by atoms with Crippen molar-refractivity contribution in [3.05, 3.63) is 124 Å². The van der Waals surface area contributed by atoms with Crippen molar-refractivity contribution < 1.29 is 28.5 Å². The van der Waals surface area contributed by atoms with Crippen LogP contribution in [0.5, 0.6) is 28.7 Å². The minimum Gasteiger partial charge on any atom is -0.493 e. The molecule has 4 aromatic rings. The van der Waals surface area contributed by atoms with Crippen LogP contribution < -0.4 is 29.4 Å². The Labute approximate surface area is 261 Å². The maximum Gasteiger partial charge on any atom is 0.347 e. The van der Waals surface area contributed by atoms with Crippen molar-refractivity contribution in [1.29, 1.82) is 5.26 Å². The van der Waals surface area contributed by atoms with Crippen LogP contribution in [0.3, 0.4) is 0 Å². The number of para-hydroxylation sites is 1. The molecular formula is C35H31ClN2O6. The summed E-state index contributed by atoms with van der Waals surface area (Å²) in [7, 11) is 0. The van der Waals surface area contributed by atoms with Crippen LogP contribution in [0, 0.1) is 11.3 Å². The van der Waals surface area contributed by atoms with Crippen LogP contribution in [0.4, 0.5) is 0 Å². The standard InChI is InChI=1S/C35H31ClN2O6/c1-3-17-41-29-12-8-6-10-26(29)35(39)43-24-14-15-25-31(19-24)44-34(38)27(20-37)33(25)22-13-16-30(32(18-22)40-4-2)42-21-23-9-5-7-11-28(23)36/h5-16,18-19,33H,3-4,17,21,38H2,1-2H3. The Hall–Kier alpha value is -5.13. The molecule has 44 heavy (non-hydrogen) atoms. The second-order valence-corrected chi connectivity index (χ2v) is 10.3. The third-order valence-electron chi connectivity index (χ3n) is 6.91. The van der Waals surface area contributed by atoms with Crippen molar-refractivity contribution in [2.24, 2.45) is 5.73 Å². The SMILES string of the molecule is CCCOc1ccccc1C(=O)Oc1ccc2c(c1)OC(N)=C(C#N)C2c1ccc(OCc2ccccc2Cl)c(OCC)c1. The predicted octanol–water partition coefficient (Wildman–Crippen LogP) is 7.54. The van der Waals surface area contributed by atoms with Gasteiger partial charge in [-0.2, -0.15) is 5.26 Å². The fourth-order valence-electron chi connectivity index (χ4n) is 4.84. The van der Waals surface area contributed by atoms with E-state index in [0.717, 1.165) is 17.5 Å². The number of esters is 1. The molecule has 1 heterocycles. The molecular weight excluding hydrogens is 580 g/mol. The van der Waals surface area contributed by atoms with Crippen LogP contribution >= 0.6 is 11.6 Å². The van der Waals surface area contributed by atoms with Crippen LogP contribution in [0.25, 0.3) is 0 Å². The number of allylic oxidation sites excluding steroid dienone is 1. The highest BCUT2D eigenvalue weighted by atomic mass is 35.5. The summed E-state index contributed by atoms with van der Waals surface area (Å²) in [5, 5.41) is 10.7. The molecule has 1 aliphatic rings. The number of carbonyl (C=O) groups is 1. The number of fused-ring (bicyclic) bond motifs is 1. The van der Waals surface area contributed by atoms with Gasteiger partial charge in [-0.05, 0) is 55.3 Å². The van der Waals surface area contributed by atoms with E-state index in [9.17, 15) is 10.1 Å². The Balaban J connectivity index is 1.44. The molecule has 0 aromatic heterocycles. The highest BCUT2D eigenvalue weighted by Gasteiger charge is 2.32. The summed E-state index contributed by atoms with van der Waals surface area (Å²) >= 11 is 6.30. The molecule has 224 valence electrons. The van der Waals surface area contributed by atoms with Gasteiger partial charge < -0.3 is 29.4 Å². The number of hydrogen-bond acceptors (Lipinski definition) is 8. The molecule has 1 unspecified atom stereocenters. The molecule has 4 aromatic carbocycles. The molecule has 1 aliphatic heterocycles. The minimum atomic E-state index is -0.570. The van der Waals surface area contributed by atoms with Crippen molar-refractivity contribution in [1.82, 2.24) is 0 Å². The van der Waals surface area contributed by atoms with E-state index in [4.69, 9.17) is 41.0 Å². The van der Waals surface area contributed by atoms with Gasteiger partial charge in [0.25, 0.3) is 0 Å². The first-order valence-corrected chi connectivity index (χ1v) is 14.6. The van der Waals surface area contributed by atoms with Gasteiger partial charge in [-0.25, -0.2) is 4.79 Å². The summed E-state index contributed by atoms with van der Waals surface area (Å²) in [6.07, 6.45) is 0.802. The summed E-state index contributed by atoms with van der Waals surface area (Å²) in [5.41, 5.74) is 9.05. The number of nitriles is 1. The molecule has 0 aliphatic carbocycles. The number of rotatable bonds is 11. The van der Waals surface area contributed by atoms with Crippen LogP contribution in [-0.4, -0.2) is 19.2 Å². The first-order chi connectivity index (χ1) is 21.4. The van der Waals surface area contributed by atoms with Crippen LogP contribution in [-0.2, 0) is 6.61 Å². The Morgan fingerprint density at radius 1 is 0.932 bits per heavy atom. The average Bonchev–Trinajstić information content (AvgIpc) is 3.03. The van der Waals surface area contributed by atoms with Gasteiger partial charge in [-0.15, -0.1) is 0 Å². The van der Waals surface area contributed by atoms with Gasteiger partial charge in [0, 0.05) is 22.2 Å². The number of halogens is 1. The topological polar surface area (TPSA) is 113 Å². The Morgan fingerprint density at radius 3 is 2.50 bits per heavy atom. The number of carbonyl (C=O) groups excluding carboxylic acids is 1. The zero-order chi connectivity index (χ0) is 31.1. The Kier molecular flexibility index (Phi) is 9.58. The van der Waals surface area contributed by atoms with Gasteiger partial charge in [-0.3, -0.25) is 0 Å². The Morgan fingerprint density at radius 2 is 1.73 bits per heavy atom. The summed E-state index contributed by atoms with van der Waals surface area (Å²) in [4.78, 5) is 13.1. The third kappa shape index (κ3) is 6.59. The second-order valence-electron chi connectivity index (χ2n) is 9.88.